The molecule has 12 rings (SSSR count). The second-order valence-corrected chi connectivity index (χ2v) is 41.1. The third kappa shape index (κ3) is 67.1. The topological polar surface area (TPSA) is 315 Å². The predicted molar refractivity (Wildman–Crippen MR) is 611 cm³/mol. The maximum absolute atomic E-state index is 3.63. The van der Waals surface area contributed by atoms with Gasteiger partial charge in [0.2, 0.25) is 0 Å². The van der Waals surface area contributed by atoms with Crippen molar-refractivity contribution in [1.29, 1.82) is 0 Å². The van der Waals surface area contributed by atoms with Crippen molar-refractivity contribution in [2.24, 2.45) is 0 Å². The Balaban J connectivity index is 0.000000214. The second kappa shape index (κ2) is 89.1. The van der Waals surface area contributed by atoms with Crippen molar-refractivity contribution in [3.63, 3.8) is 0 Å². The molecule has 0 unspecified atom stereocenters. The molecule has 32 heteroatoms. The van der Waals surface area contributed by atoms with Gasteiger partial charge in [0, 0.05) is 262 Å². The average molecular weight is 2010 g/mol. The van der Waals surface area contributed by atoms with Gasteiger partial charge < -0.3 is 128 Å². The lowest BCUT2D eigenvalue weighted by molar-refractivity contribution is 0.258. The first-order valence-corrected chi connectivity index (χ1v) is 58.7. The smallest absolute Gasteiger partial charge is 0.0234 e. The first kappa shape index (κ1) is 123. The summed E-state index contributed by atoms with van der Waals surface area (Å²) in [7, 11) is 0. The first-order chi connectivity index (χ1) is 71.6. The summed E-state index contributed by atoms with van der Waals surface area (Å²) < 4.78 is 0. The van der Waals surface area contributed by atoms with Crippen LogP contribution in [0.3, 0.4) is 0 Å². The number of hydrogen-bond donors (Lipinski definition) is 24. The molecule has 0 aromatic heterocycles. The van der Waals surface area contributed by atoms with E-state index in [1.54, 1.807) is 0 Å². The fourth-order valence-electron chi connectivity index (χ4n) is 19.7. The molecular weight excluding hydrogens is 1790 g/mol. The van der Waals surface area contributed by atoms with Crippen LogP contribution in [0, 0.1) is 0 Å². The molecule has 32 nitrogen and oxygen atoms in total. The Bertz CT molecular complexity index is 2680. The lowest BCUT2D eigenvalue weighted by Gasteiger charge is -2.24. The van der Waals surface area contributed by atoms with Crippen LogP contribution >= 0.6 is 0 Å². The zero-order valence-corrected chi connectivity index (χ0v) is 91.0. The highest BCUT2D eigenvalue weighted by Gasteiger charge is 2.18. The molecule has 8 saturated heterocycles. The third-order valence-corrected chi connectivity index (χ3v) is 28.3. The van der Waals surface area contributed by atoms with Gasteiger partial charge in [0.15, 0.2) is 0 Å². The highest BCUT2D eigenvalue weighted by atomic mass is 15.2. The standard InChI is InChI=1S/4C28H54N8/c4*1-9-29-15-17-31-13-3-21-35(23-19-33-11-1)25-27-5-7-28(8-6-27)26-36-22-4-14-32-18-16-30-10-2-12-34-20-24-36/h4*5-8,29-34H,1-4,9-26H2. The van der Waals surface area contributed by atoms with Gasteiger partial charge in [0.25, 0.3) is 0 Å². The summed E-state index contributed by atoms with van der Waals surface area (Å²) >= 11 is 0. The molecule has 0 saturated carbocycles. The van der Waals surface area contributed by atoms with E-state index in [-0.39, 0.29) is 0 Å². The average Bonchev–Trinajstić information content (AvgIpc) is 0.894. The number of hydrogen-bond acceptors (Lipinski definition) is 32. The van der Waals surface area contributed by atoms with E-state index in [2.05, 4.69) is 264 Å². The largest absolute Gasteiger partial charge is 0.315 e. The van der Waals surface area contributed by atoms with Crippen molar-refractivity contribution in [2.45, 2.75) is 155 Å². The number of rotatable bonds is 16. The normalized spacial score (nSPS) is 22.9. The third-order valence-electron chi connectivity index (χ3n) is 28.3. The number of benzene rings is 4. The molecule has 8 fully saturated rings. The van der Waals surface area contributed by atoms with Crippen LogP contribution in [0.25, 0.3) is 0 Å². The van der Waals surface area contributed by atoms with Crippen molar-refractivity contribution >= 4 is 0 Å². The Morgan fingerprint density at radius 2 is 0.181 bits per heavy atom. The van der Waals surface area contributed by atoms with E-state index < -0.39 is 0 Å². The lowest BCUT2D eigenvalue weighted by atomic mass is 10.1. The van der Waals surface area contributed by atoms with Gasteiger partial charge in [0.1, 0.15) is 0 Å². The molecule has 4 aromatic carbocycles. The van der Waals surface area contributed by atoms with Crippen LogP contribution in [0.1, 0.15) is 147 Å². The molecular formula is C112H216N32. The van der Waals surface area contributed by atoms with E-state index in [0.29, 0.717) is 0 Å². The minimum Gasteiger partial charge on any atom is -0.315 e. The molecule has 8 heterocycles. The minimum absolute atomic E-state index is 1.04. The van der Waals surface area contributed by atoms with Crippen molar-refractivity contribution in [3.05, 3.63) is 142 Å². The van der Waals surface area contributed by atoms with Crippen LogP contribution in [-0.4, -0.2) is 458 Å². The van der Waals surface area contributed by atoms with E-state index >= 15 is 0 Å². The summed E-state index contributed by atoms with van der Waals surface area (Å²) in [5, 5.41) is 85.7. The summed E-state index contributed by atoms with van der Waals surface area (Å²) in [5.74, 6) is 0. The van der Waals surface area contributed by atoms with Gasteiger partial charge in [0.05, 0.1) is 0 Å². The van der Waals surface area contributed by atoms with Crippen LogP contribution in [0.4, 0.5) is 0 Å². The van der Waals surface area contributed by atoms with Gasteiger partial charge >= 0.3 is 0 Å². The van der Waals surface area contributed by atoms with Gasteiger partial charge in [-0.1, -0.05) is 97.1 Å². The summed E-state index contributed by atoms with van der Waals surface area (Å²) in [4.78, 5) is 20.9. The van der Waals surface area contributed by atoms with E-state index in [0.717, 1.165) is 471 Å². The zero-order chi connectivity index (χ0) is 99.7. The first-order valence-electron chi connectivity index (χ1n) is 58.7. The van der Waals surface area contributed by atoms with Gasteiger partial charge in [-0.25, -0.2) is 0 Å². The molecule has 824 valence electrons. The maximum atomic E-state index is 3.63. The quantitative estimate of drug-likeness (QED) is 0.0759. The van der Waals surface area contributed by atoms with Gasteiger partial charge in [-0.05, 0) is 357 Å². The van der Waals surface area contributed by atoms with E-state index in [1.807, 2.05) is 0 Å². The van der Waals surface area contributed by atoms with Crippen LogP contribution in [-0.2, 0) is 52.4 Å². The summed E-state index contributed by atoms with van der Waals surface area (Å²) in [6.07, 6.45) is 19.2. The molecule has 24 N–H and O–H groups in total. The fraction of sp³-hybridized carbons (Fsp3) is 0.786. The zero-order valence-electron chi connectivity index (χ0n) is 91.0. The molecule has 0 radical (unpaired) electrons. The van der Waals surface area contributed by atoms with Gasteiger partial charge in [-0.15, -0.1) is 0 Å². The van der Waals surface area contributed by atoms with Crippen molar-refractivity contribution in [1.82, 2.24) is 167 Å². The van der Waals surface area contributed by atoms with Crippen molar-refractivity contribution < 1.29 is 0 Å². The second-order valence-electron chi connectivity index (χ2n) is 41.1. The van der Waals surface area contributed by atoms with E-state index in [4.69, 9.17) is 0 Å². The molecule has 0 spiro atoms. The van der Waals surface area contributed by atoms with Crippen LogP contribution < -0.4 is 128 Å². The Labute approximate surface area is 877 Å². The maximum Gasteiger partial charge on any atom is 0.0234 e. The summed E-state index contributed by atoms with van der Waals surface area (Å²) in [5.41, 5.74) is 11.4. The number of nitrogens with zero attached hydrogens (tertiary/aromatic N) is 8. The fourth-order valence-corrected chi connectivity index (χ4v) is 19.7. The summed E-state index contributed by atoms with van der Waals surface area (Å²) in [6.45, 7) is 78.4. The highest BCUT2D eigenvalue weighted by Crippen LogP contribution is 2.17. The molecule has 0 amide bonds. The molecule has 8 aliphatic heterocycles. The van der Waals surface area contributed by atoms with Crippen LogP contribution in [0.5, 0.6) is 0 Å². The van der Waals surface area contributed by atoms with Gasteiger partial charge in [-0.3, -0.25) is 39.2 Å². The Morgan fingerprint density at radius 3 is 0.278 bits per heavy atom. The van der Waals surface area contributed by atoms with Crippen LogP contribution in [0.15, 0.2) is 97.1 Å². The molecule has 0 aliphatic carbocycles. The van der Waals surface area contributed by atoms with E-state index in [9.17, 15) is 0 Å². The Morgan fingerprint density at radius 1 is 0.0972 bits per heavy atom. The lowest BCUT2D eigenvalue weighted by Crippen LogP contribution is -2.36. The molecule has 144 heavy (non-hydrogen) atoms. The van der Waals surface area contributed by atoms with E-state index in [1.165, 1.54) is 147 Å². The van der Waals surface area contributed by atoms with Crippen molar-refractivity contribution in [3.8, 4) is 0 Å². The molecule has 0 atom stereocenters. The molecule has 4 aromatic rings. The van der Waals surface area contributed by atoms with Gasteiger partial charge in [-0.2, -0.15) is 0 Å². The highest BCUT2D eigenvalue weighted by molar-refractivity contribution is 5.26. The Hall–Kier alpha value is -4.40. The van der Waals surface area contributed by atoms with Crippen LogP contribution in [0.2, 0.25) is 0 Å². The SMILES string of the molecule is c1cc(CN2CCCNCCNCCCNCC2)ccc1CN1CCCNCCNCCCNCC1.c1cc(CN2CCCNCCNCCCNCC2)ccc1CN1CCCNCCNCCCNCC1.c1cc(CN2CCCNCCNCCCNCC2)ccc1CN1CCCNCCNCCCNCC1.c1cc(CN2CCCNCCNCCCNCC2)ccc1CN1CCCNCCNCCCNCC1. The Kier molecular flexibility index (Phi) is 76.2. The predicted octanol–water partition coefficient (Wildman–Crippen LogP) is 1.66. The number of nitrogens with one attached hydrogen (secondary N) is 24. The summed E-state index contributed by atoms with van der Waals surface area (Å²) in [6, 6.07) is 37.7. The molecule has 8 aliphatic rings. The minimum atomic E-state index is 1.04. The van der Waals surface area contributed by atoms with Crippen molar-refractivity contribution in [2.75, 3.05) is 419 Å². The molecule has 0 bridgehead atoms. The monoisotopic (exact) mass is 2010 g/mol.